The van der Waals surface area contributed by atoms with Crippen LogP contribution in [0.3, 0.4) is 0 Å². The van der Waals surface area contributed by atoms with Gasteiger partial charge in [-0.2, -0.15) is 0 Å². The molecule has 0 radical (unpaired) electrons. The van der Waals surface area contributed by atoms with Gasteiger partial charge in [0.15, 0.2) is 0 Å². The number of benzene rings is 1. The molecule has 100 valence electrons. The van der Waals surface area contributed by atoms with E-state index in [4.69, 9.17) is 0 Å². The van der Waals surface area contributed by atoms with Gasteiger partial charge >= 0.3 is 0 Å². The predicted octanol–water partition coefficient (Wildman–Crippen LogP) is 3.46. The van der Waals surface area contributed by atoms with Crippen LogP contribution in [0.2, 0.25) is 0 Å². The molecule has 1 N–H and O–H groups in total. The molecule has 0 heterocycles. The molecular formula is C15H22BrNO. The van der Waals surface area contributed by atoms with Crippen molar-refractivity contribution in [3.8, 4) is 0 Å². The first-order valence-electron chi connectivity index (χ1n) is 6.43. The van der Waals surface area contributed by atoms with Crippen LogP contribution >= 0.6 is 15.9 Å². The van der Waals surface area contributed by atoms with E-state index < -0.39 is 0 Å². The summed E-state index contributed by atoms with van der Waals surface area (Å²) in [5, 5.41) is 3.96. The molecule has 18 heavy (non-hydrogen) atoms. The van der Waals surface area contributed by atoms with Crippen LogP contribution in [-0.2, 0) is 11.2 Å². The quantitative estimate of drug-likeness (QED) is 0.801. The summed E-state index contributed by atoms with van der Waals surface area (Å²) >= 11 is 3.44. The molecule has 0 aliphatic heterocycles. The molecule has 0 saturated carbocycles. The Balaban J connectivity index is 2.37. The average Bonchev–Trinajstić information content (AvgIpc) is 2.35. The number of nitrogens with one attached hydrogen (secondary N) is 1. The molecule has 0 aliphatic carbocycles. The molecule has 3 heteroatoms. The van der Waals surface area contributed by atoms with Crippen LogP contribution in [0.15, 0.2) is 24.3 Å². The van der Waals surface area contributed by atoms with Crippen molar-refractivity contribution in [1.29, 1.82) is 0 Å². The number of hydrogen-bond acceptors (Lipinski definition) is 1. The number of halogens is 1. The topological polar surface area (TPSA) is 29.1 Å². The maximum atomic E-state index is 11.8. The number of carbonyl (C=O) groups is 1. The van der Waals surface area contributed by atoms with Crippen molar-refractivity contribution < 1.29 is 4.79 Å². The fraction of sp³-hybridized carbons (Fsp3) is 0.533. The molecule has 2 atom stereocenters. The van der Waals surface area contributed by atoms with Crippen LogP contribution < -0.4 is 5.32 Å². The van der Waals surface area contributed by atoms with E-state index in [0.717, 1.165) is 11.8 Å². The Morgan fingerprint density at radius 1 is 1.39 bits per heavy atom. The molecule has 0 aliphatic rings. The van der Waals surface area contributed by atoms with Crippen molar-refractivity contribution in [2.24, 2.45) is 5.92 Å². The molecule has 1 aromatic rings. The van der Waals surface area contributed by atoms with Crippen molar-refractivity contribution >= 4 is 21.8 Å². The van der Waals surface area contributed by atoms with Gasteiger partial charge in [-0.15, -0.1) is 0 Å². The van der Waals surface area contributed by atoms with Gasteiger partial charge in [0.1, 0.15) is 0 Å². The minimum atomic E-state index is 0.136. The van der Waals surface area contributed by atoms with Crippen molar-refractivity contribution in [3.05, 3.63) is 35.4 Å². The highest BCUT2D eigenvalue weighted by atomic mass is 79.9. The second-order valence-corrected chi connectivity index (χ2v) is 5.62. The van der Waals surface area contributed by atoms with Gasteiger partial charge in [-0.05, 0) is 31.7 Å². The van der Waals surface area contributed by atoms with Crippen LogP contribution in [0.1, 0.15) is 31.4 Å². The fourth-order valence-corrected chi connectivity index (χ4v) is 2.29. The summed E-state index contributed by atoms with van der Waals surface area (Å²) in [5.41, 5.74) is 2.47. The van der Waals surface area contributed by atoms with Crippen LogP contribution in [0.4, 0.5) is 0 Å². The molecule has 1 rings (SSSR count). The first-order valence-corrected chi connectivity index (χ1v) is 7.56. The molecule has 0 fully saturated rings. The molecule has 1 aromatic carbocycles. The highest BCUT2D eigenvalue weighted by Gasteiger charge is 2.13. The highest BCUT2D eigenvalue weighted by Crippen LogP contribution is 2.08. The second-order valence-electron chi connectivity index (χ2n) is 4.98. The minimum Gasteiger partial charge on any atom is -0.353 e. The zero-order chi connectivity index (χ0) is 13.5. The smallest absolute Gasteiger partial charge is 0.220 e. The molecule has 2 unspecified atom stereocenters. The maximum absolute atomic E-state index is 11.8. The van der Waals surface area contributed by atoms with Crippen molar-refractivity contribution in [3.63, 3.8) is 0 Å². The Kier molecular flexibility index (Phi) is 6.41. The normalized spacial score (nSPS) is 14.0. The van der Waals surface area contributed by atoms with Crippen molar-refractivity contribution in [2.75, 3.05) is 5.33 Å². The average molecular weight is 312 g/mol. The van der Waals surface area contributed by atoms with E-state index in [2.05, 4.69) is 60.2 Å². The lowest BCUT2D eigenvalue weighted by atomic mass is 10.0. The number of carbonyl (C=O) groups excluding carboxylic acids is 1. The molecule has 2 nitrogen and oxygen atoms in total. The number of aryl methyl sites for hydroxylation is 2. The van der Waals surface area contributed by atoms with E-state index in [1.54, 1.807) is 0 Å². The molecular weight excluding hydrogens is 290 g/mol. The Morgan fingerprint density at radius 3 is 2.72 bits per heavy atom. The van der Waals surface area contributed by atoms with Crippen LogP contribution in [0.5, 0.6) is 0 Å². The van der Waals surface area contributed by atoms with Gasteiger partial charge in [0.25, 0.3) is 0 Å². The predicted molar refractivity (Wildman–Crippen MR) is 80.1 cm³/mol. The maximum Gasteiger partial charge on any atom is 0.220 e. The van der Waals surface area contributed by atoms with Crippen molar-refractivity contribution in [1.82, 2.24) is 5.32 Å². The van der Waals surface area contributed by atoms with Crippen LogP contribution in [-0.4, -0.2) is 17.3 Å². The summed E-state index contributed by atoms with van der Waals surface area (Å²) in [4.78, 5) is 11.8. The van der Waals surface area contributed by atoms with E-state index in [-0.39, 0.29) is 11.9 Å². The Hall–Kier alpha value is -0.830. The lowest BCUT2D eigenvalue weighted by Crippen LogP contribution is -2.37. The monoisotopic (exact) mass is 311 g/mol. The Labute approximate surface area is 118 Å². The standard InChI is InChI=1S/C15H22BrNO/c1-11-5-4-6-14(9-11)7-8-15(18)17-13(3)12(2)10-16/h4-6,9,12-13H,7-8,10H2,1-3H3,(H,17,18). The van der Waals surface area contributed by atoms with Gasteiger partial charge in [-0.3, -0.25) is 4.79 Å². The molecule has 0 aromatic heterocycles. The molecule has 0 spiro atoms. The lowest BCUT2D eigenvalue weighted by Gasteiger charge is -2.19. The third-order valence-corrected chi connectivity index (χ3v) is 4.23. The van der Waals surface area contributed by atoms with E-state index in [0.29, 0.717) is 12.3 Å². The van der Waals surface area contributed by atoms with E-state index in [1.807, 2.05) is 6.07 Å². The second kappa shape index (κ2) is 7.57. The van der Waals surface area contributed by atoms with Gasteiger partial charge in [-0.25, -0.2) is 0 Å². The van der Waals surface area contributed by atoms with Crippen molar-refractivity contribution in [2.45, 2.75) is 39.7 Å². The molecule has 0 saturated heterocycles. The summed E-state index contributed by atoms with van der Waals surface area (Å²) < 4.78 is 0. The van der Waals surface area contributed by atoms with Gasteiger partial charge in [0.2, 0.25) is 5.91 Å². The molecule has 1 amide bonds. The van der Waals surface area contributed by atoms with E-state index >= 15 is 0 Å². The summed E-state index contributed by atoms with van der Waals surface area (Å²) in [6, 6.07) is 8.54. The SMILES string of the molecule is Cc1cccc(CCC(=O)NC(C)C(C)CBr)c1. The third kappa shape index (κ3) is 5.21. The summed E-state index contributed by atoms with van der Waals surface area (Å²) in [7, 11) is 0. The zero-order valence-corrected chi connectivity index (χ0v) is 13.0. The van der Waals surface area contributed by atoms with Gasteiger partial charge in [0, 0.05) is 17.8 Å². The highest BCUT2D eigenvalue weighted by molar-refractivity contribution is 9.09. The van der Waals surface area contributed by atoms with Crippen LogP contribution in [0.25, 0.3) is 0 Å². The number of amides is 1. The van der Waals surface area contributed by atoms with Crippen LogP contribution in [0, 0.1) is 12.8 Å². The van der Waals surface area contributed by atoms with Gasteiger partial charge < -0.3 is 5.32 Å². The minimum absolute atomic E-state index is 0.136. The third-order valence-electron chi connectivity index (χ3n) is 3.21. The first kappa shape index (κ1) is 15.2. The summed E-state index contributed by atoms with van der Waals surface area (Å²) in [6.07, 6.45) is 1.37. The van der Waals surface area contributed by atoms with E-state index in [1.165, 1.54) is 11.1 Å². The summed E-state index contributed by atoms with van der Waals surface area (Å²) in [6.45, 7) is 6.25. The number of hydrogen-bond donors (Lipinski definition) is 1. The first-order chi connectivity index (χ1) is 8.52. The summed E-state index contributed by atoms with van der Waals surface area (Å²) in [5.74, 6) is 0.588. The largest absolute Gasteiger partial charge is 0.353 e. The number of rotatable bonds is 6. The Morgan fingerprint density at radius 2 is 2.11 bits per heavy atom. The molecule has 0 bridgehead atoms. The van der Waals surface area contributed by atoms with Gasteiger partial charge in [0.05, 0.1) is 0 Å². The van der Waals surface area contributed by atoms with Gasteiger partial charge in [-0.1, -0.05) is 52.7 Å². The van der Waals surface area contributed by atoms with E-state index in [9.17, 15) is 4.79 Å². The Bertz CT molecular complexity index is 392. The zero-order valence-electron chi connectivity index (χ0n) is 11.4. The fourth-order valence-electron chi connectivity index (χ4n) is 1.73. The lowest BCUT2D eigenvalue weighted by molar-refractivity contribution is -0.121. The number of alkyl halides is 1.